The third kappa shape index (κ3) is 2.04. The number of nitrogen functional groups attached to an aromatic ring is 1. The molecule has 0 aliphatic rings. The average molecular weight is 204 g/mol. The lowest BCUT2D eigenvalue weighted by Crippen LogP contribution is -2.05. The summed E-state index contributed by atoms with van der Waals surface area (Å²) in [5.41, 5.74) is 5.54. The molecule has 3 N–H and O–H groups in total. The van der Waals surface area contributed by atoms with E-state index in [4.69, 9.17) is 5.73 Å². The molecule has 0 aliphatic heterocycles. The van der Waals surface area contributed by atoms with Gasteiger partial charge in [-0.2, -0.15) is 10.1 Å². The Hall–Kier alpha value is -2.11. The van der Waals surface area contributed by atoms with E-state index in [0.29, 0.717) is 11.8 Å². The van der Waals surface area contributed by atoms with Gasteiger partial charge in [-0.25, -0.2) is 9.67 Å². The predicted octanol–water partition coefficient (Wildman–Crippen LogP) is 1.02. The minimum absolute atomic E-state index is 0.440. The second-order valence-electron chi connectivity index (χ2n) is 2.96. The van der Waals surface area contributed by atoms with Crippen molar-refractivity contribution in [2.24, 2.45) is 0 Å². The van der Waals surface area contributed by atoms with Crippen LogP contribution in [0.3, 0.4) is 0 Å². The molecule has 78 valence electrons. The molecular weight excluding hydrogens is 192 g/mol. The third-order valence-electron chi connectivity index (χ3n) is 1.93. The van der Waals surface area contributed by atoms with Crippen LogP contribution in [-0.4, -0.2) is 19.7 Å². The van der Waals surface area contributed by atoms with Gasteiger partial charge in [0.2, 0.25) is 5.95 Å². The van der Waals surface area contributed by atoms with Gasteiger partial charge in [-0.05, 0) is 13.0 Å². The number of rotatable bonds is 3. The molecule has 6 heteroatoms. The van der Waals surface area contributed by atoms with Gasteiger partial charge in [0.05, 0.1) is 6.20 Å². The van der Waals surface area contributed by atoms with Crippen molar-refractivity contribution in [1.29, 1.82) is 0 Å². The van der Waals surface area contributed by atoms with Crippen molar-refractivity contribution in [3.05, 3.63) is 24.5 Å². The van der Waals surface area contributed by atoms with E-state index in [0.717, 1.165) is 12.4 Å². The highest BCUT2D eigenvalue weighted by Crippen LogP contribution is 2.12. The Morgan fingerprint density at radius 2 is 2.27 bits per heavy atom. The standard InChI is InChI=1S/C9H12N6/c1-2-15-8(4-6-12-15)14-9-11-5-3-7(10)13-9/h3-6H,2H2,1H3,(H3,10,11,13,14). The lowest BCUT2D eigenvalue weighted by atomic mass is 10.5. The summed E-state index contributed by atoms with van der Waals surface area (Å²) in [5.74, 6) is 1.77. The molecule has 2 rings (SSSR count). The first-order valence-electron chi connectivity index (χ1n) is 4.67. The number of hydrogen-bond acceptors (Lipinski definition) is 5. The highest BCUT2D eigenvalue weighted by molar-refractivity contribution is 5.49. The van der Waals surface area contributed by atoms with Crippen molar-refractivity contribution in [1.82, 2.24) is 19.7 Å². The topological polar surface area (TPSA) is 81.7 Å². The van der Waals surface area contributed by atoms with Crippen molar-refractivity contribution >= 4 is 17.6 Å². The van der Waals surface area contributed by atoms with E-state index < -0.39 is 0 Å². The van der Waals surface area contributed by atoms with Crippen molar-refractivity contribution in [2.75, 3.05) is 11.1 Å². The van der Waals surface area contributed by atoms with Crippen LogP contribution in [0.2, 0.25) is 0 Å². The second-order valence-corrected chi connectivity index (χ2v) is 2.96. The first kappa shape index (κ1) is 9.45. The van der Waals surface area contributed by atoms with Gasteiger partial charge in [0.1, 0.15) is 11.6 Å². The summed E-state index contributed by atoms with van der Waals surface area (Å²) in [5, 5.41) is 7.16. The maximum absolute atomic E-state index is 5.54. The maximum atomic E-state index is 5.54. The van der Waals surface area contributed by atoms with Crippen LogP contribution in [0.1, 0.15) is 6.92 Å². The first-order chi connectivity index (χ1) is 7.29. The molecule has 0 amide bonds. The molecule has 2 aromatic rings. The number of aromatic nitrogens is 4. The summed E-state index contributed by atoms with van der Waals surface area (Å²) >= 11 is 0. The monoisotopic (exact) mass is 204 g/mol. The van der Waals surface area contributed by atoms with Crippen LogP contribution in [0, 0.1) is 0 Å². The fourth-order valence-corrected chi connectivity index (χ4v) is 1.24. The number of aryl methyl sites for hydroxylation is 1. The molecule has 2 heterocycles. The Morgan fingerprint density at radius 3 is 3.00 bits per heavy atom. The zero-order valence-corrected chi connectivity index (χ0v) is 8.38. The fourth-order valence-electron chi connectivity index (χ4n) is 1.24. The second kappa shape index (κ2) is 3.95. The van der Waals surface area contributed by atoms with Gasteiger partial charge in [-0.3, -0.25) is 0 Å². The highest BCUT2D eigenvalue weighted by Gasteiger charge is 2.02. The summed E-state index contributed by atoms with van der Waals surface area (Å²) in [6.45, 7) is 2.80. The van der Waals surface area contributed by atoms with E-state index in [1.807, 2.05) is 17.7 Å². The Kier molecular flexibility index (Phi) is 2.49. The zero-order chi connectivity index (χ0) is 10.7. The maximum Gasteiger partial charge on any atom is 0.230 e. The molecule has 0 radical (unpaired) electrons. The van der Waals surface area contributed by atoms with Crippen LogP contribution >= 0.6 is 0 Å². The molecule has 0 bridgehead atoms. The summed E-state index contributed by atoms with van der Waals surface area (Å²) in [6.07, 6.45) is 3.33. The molecule has 0 saturated heterocycles. The van der Waals surface area contributed by atoms with Crippen LogP contribution < -0.4 is 11.1 Å². The molecule has 2 aromatic heterocycles. The normalized spacial score (nSPS) is 10.2. The van der Waals surface area contributed by atoms with Gasteiger partial charge in [-0.15, -0.1) is 0 Å². The van der Waals surface area contributed by atoms with Crippen molar-refractivity contribution in [2.45, 2.75) is 13.5 Å². The van der Waals surface area contributed by atoms with Crippen molar-refractivity contribution in [3.8, 4) is 0 Å². The molecular formula is C9H12N6. The molecule has 0 spiro atoms. The predicted molar refractivity (Wildman–Crippen MR) is 57.6 cm³/mol. The quantitative estimate of drug-likeness (QED) is 0.780. The average Bonchev–Trinajstić information content (AvgIpc) is 2.65. The summed E-state index contributed by atoms with van der Waals surface area (Å²) in [4.78, 5) is 8.08. The molecule has 0 fully saturated rings. The molecule has 0 aromatic carbocycles. The van der Waals surface area contributed by atoms with E-state index >= 15 is 0 Å². The lowest BCUT2D eigenvalue weighted by Gasteiger charge is -2.06. The molecule has 0 atom stereocenters. The number of nitrogens with two attached hydrogens (primary N) is 1. The Morgan fingerprint density at radius 1 is 1.40 bits per heavy atom. The molecule has 15 heavy (non-hydrogen) atoms. The van der Waals surface area contributed by atoms with E-state index in [-0.39, 0.29) is 0 Å². The number of hydrogen-bond donors (Lipinski definition) is 2. The van der Waals surface area contributed by atoms with Gasteiger partial charge in [0.25, 0.3) is 0 Å². The largest absolute Gasteiger partial charge is 0.384 e. The van der Waals surface area contributed by atoms with Crippen molar-refractivity contribution < 1.29 is 0 Å². The van der Waals surface area contributed by atoms with Gasteiger partial charge >= 0.3 is 0 Å². The van der Waals surface area contributed by atoms with E-state index in [2.05, 4.69) is 20.4 Å². The highest BCUT2D eigenvalue weighted by atomic mass is 15.3. The fraction of sp³-hybridized carbons (Fsp3) is 0.222. The summed E-state index contributed by atoms with van der Waals surface area (Å²) in [7, 11) is 0. The minimum atomic E-state index is 0.440. The Bertz CT molecular complexity index is 449. The van der Waals surface area contributed by atoms with E-state index in [1.165, 1.54) is 0 Å². The molecule has 6 nitrogen and oxygen atoms in total. The smallest absolute Gasteiger partial charge is 0.230 e. The molecule has 0 saturated carbocycles. The third-order valence-corrected chi connectivity index (χ3v) is 1.93. The summed E-state index contributed by atoms with van der Waals surface area (Å²) in [6, 6.07) is 3.50. The Balaban J connectivity index is 2.22. The summed E-state index contributed by atoms with van der Waals surface area (Å²) < 4.78 is 1.81. The lowest BCUT2D eigenvalue weighted by molar-refractivity contribution is 0.667. The number of nitrogens with one attached hydrogen (secondary N) is 1. The van der Waals surface area contributed by atoms with E-state index in [1.54, 1.807) is 18.5 Å². The zero-order valence-electron chi connectivity index (χ0n) is 8.38. The molecule has 0 unspecified atom stereocenters. The van der Waals surface area contributed by atoms with Gasteiger partial charge in [0.15, 0.2) is 0 Å². The number of anilines is 3. The number of nitrogens with zero attached hydrogens (tertiary/aromatic N) is 4. The van der Waals surface area contributed by atoms with Crippen LogP contribution in [0.25, 0.3) is 0 Å². The van der Waals surface area contributed by atoms with Crippen LogP contribution in [0.5, 0.6) is 0 Å². The first-order valence-corrected chi connectivity index (χ1v) is 4.67. The van der Waals surface area contributed by atoms with Gasteiger partial charge in [-0.1, -0.05) is 0 Å². The van der Waals surface area contributed by atoms with Crippen LogP contribution in [0.15, 0.2) is 24.5 Å². The Labute approximate surface area is 87.2 Å². The molecule has 0 aliphatic carbocycles. The minimum Gasteiger partial charge on any atom is -0.384 e. The van der Waals surface area contributed by atoms with Gasteiger partial charge < -0.3 is 11.1 Å². The van der Waals surface area contributed by atoms with Crippen molar-refractivity contribution in [3.63, 3.8) is 0 Å². The van der Waals surface area contributed by atoms with Crippen LogP contribution in [-0.2, 0) is 6.54 Å². The SMILES string of the molecule is CCn1nccc1Nc1nccc(N)n1. The van der Waals surface area contributed by atoms with Crippen LogP contribution in [0.4, 0.5) is 17.6 Å². The van der Waals surface area contributed by atoms with Gasteiger partial charge in [0, 0.05) is 18.8 Å². The van der Waals surface area contributed by atoms with E-state index in [9.17, 15) is 0 Å².